The lowest BCUT2D eigenvalue weighted by Gasteiger charge is -2.31. The van der Waals surface area contributed by atoms with Gasteiger partial charge in [-0.15, -0.1) is 11.3 Å². The van der Waals surface area contributed by atoms with Crippen LogP contribution in [0.3, 0.4) is 0 Å². The number of anilines is 2. The second kappa shape index (κ2) is 7.87. The van der Waals surface area contributed by atoms with Crippen LogP contribution in [-0.2, 0) is 11.8 Å². The number of halogens is 10. The monoisotopic (exact) mass is 481 g/mol. The van der Waals surface area contributed by atoms with Gasteiger partial charge in [-0.2, -0.15) is 39.5 Å². The van der Waals surface area contributed by atoms with Crippen molar-refractivity contribution in [2.45, 2.75) is 24.2 Å². The lowest BCUT2D eigenvalue weighted by molar-refractivity contribution is -0.348. The van der Waals surface area contributed by atoms with Crippen LogP contribution < -0.4 is 16.1 Å². The van der Waals surface area contributed by atoms with Crippen LogP contribution in [0.5, 0.6) is 0 Å². The van der Waals surface area contributed by atoms with E-state index in [-0.39, 0.29) is 16.9 Å². The van der Waals surface area contributed by atoms with Crippen molar-refractivity contribution >= 4 is 41.4 Å². The largest absolute Gasteiger partial charge is 0.435 e. The van der Waals surface area contributed by atoms with Crippen molar-refractivity contribution in [2.24, 2.45) is 0 Å². The van der Waals surface area contributed by atoms with Crippen LogP contribution in [0.2, 0.25) is 0 Å². The van der Waals surface area contributed by atoms with Crippen LogP contribution in [-0.4, -0.2) is 38.1 Å². The van der Waals surface area contributed by atoms with Gasteiger partial charge in [-0.25, -0.2) is 9.37 Å². The first-order chi connectivity index (χ1) is 13.9. The maximum atomic E-state index is 14.3. The zero-order chi connectivity index (χ0) is 24.0. The molecule has 2 N–H and O–H groups in total. The molecule has 0 aliphatic carbocycles. The van der Waals surface area contributed by atoms with Gasteiger partial charge < -0.3 is 10.6 Å². The Bertz CT molecular complexity index is 969. The number of thiazole rings is 1. The van der Waals surface area contributed by atoms with Gasteiger partial charge in [-0.05, 0) is 6.07 Å². The van der Waals surface area contributed by atoms with E-state index < -0.39 is 58.4 Å². The van der Waals surface area contributed by atoms with Crippen molar-refractivity contribution < 1.29 is 48.7 Å². The Morgan fingerprint density at radius 2 is 1.55 bits per heavy atom. The molecule has 1 aromatic heterocycles. The molecule has 2 rings (SSSR count). The number of nitrogens with one attached hydrogen (secondary N) is 2. The van der Waals surface area contributed by atoms with Crippen molar-refractivity contribution in [1.29, 1.82) is 0 Å². The Hall–Kier alpha value is -2.52. The molecule has 2 aromatic rings. The summed E-state index contributed by atoms with van der Waals surface area (Å²) >= 11 is 0.909. The quantitative estimate of drug-likeness (QED) is 0.513. The Labute approximate surface area is 172 Å². The first kappa shape index (κ1) is 24.8. The zero-order valence-corrected chi connectivity index (χ0v) is 16.1. The number of hydrogen-bond donors (Lipinski definition) is 2. The molecule has 1 aromatic carbocycles. The summed E-state index contributed by atoms with van der Waals surface area (Å²) in [5.74, 6) is -1.21. The Morgan fingerprint density at radius 3 is 1.97 bits per heavy atom. The lowest BCUT2D eigenvalue weighted by Crippen LogP contribution is -2.51. The van der Waals surface area contributed by atoms with E-state index in [1.165, 1.54) is 7.05 Å². The molecule has 0 unspecified atom stereocenters. The van der Waals surface area contributed by atoms with E-state index in [0.717, 1.165) is 16.7 Å². The molecule has 1 heterocycles. The first-order valence-corrected chi connectivity index (χ1v) is 8.80. The summed E-state index contributed by atoms with van der Waals surface area (Å²) in [5, 5.41) is 5.69. The summed E-state index contributed by atoms with van der Waals surface area (Å²) in [6.07, 6.45) is -18.7. The van der Waals surface area contributed by atoms with Crippen LogP contribution in [0.1, 0.15) is 21.6 Å². The molecular formula is C15H10BF10N3OS. The highest BCUT2D eigenvalue weighted by molar-refractivity contribution is 7.13. The molecule has 0 spiro atoms. The predicted molar refractivity (Wildman–Crippen MR) is 94.1 cm³/mol. The van der Waals surface area contributed by atoms with Crippen LogP contribution in [0.4, 0.5) is 54.7 Å². The number of carbonyl (C=O) groups is 1. The summed E-state index contributed by atoms with van der Waals surface area (Å²) in [6, 6.07) is -0.671. The molecular weight excluding hydrogens is 471 g/mol. The van der Waals surface area contributed by atoms with E-state index in [0.29, 0.717) is 7.85 Å². The molecule has 0 atom stereocenters. The van der Waals surface area contributed by atoms with Crippen molar-refractivity contribution in [1.82, 2.24) is 4.98 Å². The molecule has 0 aliphatic rings. The minimum absolute atomic E-state index is 0.0497. The third-order valence-corrected chi connectivity index (χ3v) is 4.87. The SMILES string of the molecule is Bc1cc(C(F)(C(F)(F)F)C(F)(F)F)cc(C(F)(F)F)c1NC(=O)c1csc(NC)n1. The molecule has 31 heavy (non-hydrogen) atoms. The molecule has 0 saturated carbocycles. The fourth-order valence-electron chi connectivity index (χ4n) is 2.53. The van der Waals surface area contributed by atoms with Gasteiger partial charge >= 0.3 is 24.2 Å². The van der Waals surface area contributed by atoms with Gasteiger partial charge in [0, 0.05) is 23.7 Å². The third-order valence-electron chi connectivity index (χ3n) is 4.01. The predicted octanol–water partition coefficient (Wildman–Crippen LogP) is 4.00. The highest BCUT2D eigenvalue weighted by Gasteiger charge is 2.73. The smallest absolute Gasteiger partial charge is 0.365 e. The van der Waals surface area contributed by atoms with Gasteiger partial charge in [0.2, 0.25) is 0 Å². The van der Waals surface area contributed by atoms with E-state index in [4.69, 9.17) is 0 Å². The average molecular weight is 481 g/mol. The van der Waals surface area contributed by atoms with Gasteiger partial charge in [0.25, 0.3) is 5.91 Å². The van der Waals surface area contributed by atoms with Crippen LogP contribution >= 0.6 is 11.3 Å². The maximum absolute atomic E-state index is 14.3. The first-order valence-electron chi connectivity index (χ1n) is 7.92. The Balaban J connectivity index is 2.66. The number of aromatic nitrogens is 1. The molecule has 0 saturated heterocycles. The molecule has 16 heteroatoms. The van der Waals surface area contributed by atoms with E-state index in [1.54, 1.807) is 5.32 Å². The summed E-state index contributed by atoms with van der Waals surface area (Å²) < 4.78 is 132. The average Bonchev–Trinajstić information content (AvgIpc) is 3.08. The van der Waals surface area contributed by atoms with E-state index >= 15 is 0 Å². The number of rotatable bonds is 4. The molecule has 0 radical (unpaired) electrons. The van der Waals surface area contributed by atoms with Crippen molar-refractivity contribution in [2.75, 3.05) is 17.7 Å². The van der Waals surface area contributed by atoms with Gasteiger partial charge in [-0.1, -0.05) is 11.5 Å². The summed E-state index contributed by atoms with van der Waals surface area (Å²) in [5.41, 5.74) is -12.8. The highest BCUT2D eigenvalue weighted by atomic mass is 32.1. The van der Waals surface area contributed by atoms with E-state index in [9.17, 15) is 48.7 Å². The topological polar surface area (TPSA) is 54.0 Å². The lowest BCUT2D eigenvalue weighted by atomic mass is 9.83. The Kier molecular flexibility index (Phi) is 6.29. The van der Waals surface area contributed by atoms with E-state index in [1.807, 2.05) is 0 Å². The third kappa shape index (κ3) is 4.57. The van der Waals surface area contributed by atoms with Gasteiger partial charge in [0.15, 0.2) is 5.13 Å². The van der Waals surface area contributed by atoms with Gasteiger partial charge in [0.05, 0.1) is 5.56 Å². The minimum Gasteiger partial charge on any atom is -0.365 e. The molecule has 0 bridgehead atoms. The fraction of sp³-hybridized carbons (Fsp3) is 0.333. The number of amides is 1. The number of alkyl halides is 10. The zero-order valence-electron chi connectivity index (χ0n) is 15.3. The van der Waals surface area contributed by atoms with E-state index in [2.05, 4.69) is 10.3 Å². The molecule has 0 fully saturated rings. The Morgan fingerprint density at radius 1 is 1.00 bits per heavy atom. The van der Waals surface area contributed by atoms with Crippen LogP contribution in [0, 0.1) is 0 Å². The summed E-state index contributed by atoms with van der Waals surface area (Å²) in [4.78, 5) is 15.9. The minimum atomic E-state index is -6.60. The summed E-state index contributed by atoms with van der Waals surface area (Å²) in [6.45, 7) is 0. The number of benzene rings is 1. The number of nitrogens with zero attached hydrogens (tertiary/aromatic N) is 1. The molecule has 1 amide bonds. The maximum Gasteiger partial charge on any atom is 0.435 e. The molecule has 0 aliphatic heterocycles. The van der Waals surface area contributed by atoms with Crippen molar-refractivity contribution in [3.8, 4) is 0 Å². The van der Waals surface area contributed by atoms with Crippen LogP contribution in [0.15, 0.2) is 17.5 Å². The molecule has 4 nitrogen and oxygen atoms in total. The summed E-state index contributed by atoms with van der Waals surface area (Å²) in [7, 11) is 2.14. The molecule has 170 valence electrons. The number of carbonyl (C=O) groups excluding carboxylic acids is 1. The second-order valence-electron chi connectivity index (χ2n) is 6.11. The van der Waals surface area contributed by atoms with Gasteiger partial charge in [-0.3, -0.25) is 4.79 Å². The standard InChI is InChI=1S/C15H10BF10N3OS/c1-27-11-28-8(4-31-11)10(30)29-9-6(13(18,19)20)2-5(3-7(9)16)12(17,14(21,22)23)15(24,25)26/h2-4H,16H2,1H3,(H,27,28)(H,29,30). The number of hydrogen-bond acceptors (Lipinski definition) is 4. The van der Waals surface area contributed by atoms with Crippen molar-refractivity contribution in [3.05, 3.63) is 34.3 Å². The highest BCUT2D eigenvalue weighted by Crippen LogP contribution is 2.54. The van der Waals surface area contributed by atoms with Gasteiger partial charge in [0.1, 0.15) is 13.5 Å². The van der Waals surface area contributed by atoms with Crippen molar-refractivity contribution in [3.63, 3.8) is 0 Å². The van der Waals surface area contributed by atoms with Crippen LogP contribution in [0.25, 0.3) is 0 Å². The normalized spacial score (nSPS) is 13.3. The fourth-order valence-corrected chi connectivity index (χ4v) is 3.19. The second-order valence-corrected chi connectivity index (χ2v) is 6.97.